The molecule has 188 valence electrons. The highest BCUT2D eigenvalue weighted by molar-refractivity contribution is 8.14. The molecule has 0 fully saturated rings. The summed E-state index contributed by atoms with van der Waals surface area (Å²) in [4.78, 5) is 14.3. The summed E-state index contributed by atoms with van der Waals surface area (Å²) >= 11 is 0.354. The minimum absolute atomic E-state index is 0.0640. The Labute approximate surface area is 169 Å². The minimum atomic E-state index is -8.53. The van der Waals surface area contributed by atoms with Gasteiger partial charge in [-0.1, -0.05) is 11.8 Å². The molecule has 0 saturated carbocycles. The second kappa shape index (κ2) is 8.00. The van der Waals surface area contributed by atoms with Gasteiger partial charge in [0.25, 0.3) is 0 Å². The van der Waals surface area contributed by atoms with Gasteiger partial charge in [-0.3, -0.25) is 15.1 Å². The molecule has 0 radical (unpaired) electrons. The maximum atomic E-state index is 13.6. The molecule has 1 amide bonds. The molecule has 0 atom stereocenters. The second-order valence-electron chi connectivity index (χ2n) is 5.86. The van der Waals surface area contributed by atoms with Crippen molar-refractivity contribution in [3.63, 3.8) is 0 Å². The smallest absolute Gasteiger partial charge is 0.300 e. The third kappa shape index (κ3) is 3.74. The first kappa shape index (κ1) is 28.4. The van der Waals surface area contributed by atoms with E-state index in [2.05, 4.69) is 4.99 Å². The highest BCUT2D eigenvalue weighted by atomic mass is 32.2. The third-order valence-corrected chi connectivity index (χ3v) is 4.65. The summed E-state index contributed by atoms with van der Waals surface area (Å²) in [5.41, 5.74) is 0. The van der Waals surface area contributed by atoms with Crippen LogP contribution in [0.2, 0.25) is 0 Å². The van der Waals surface area contributed by atoms with Crippen LogP contribution in [0.1, 0.15) is 0 Å². The number of hydrogen-bond acceptors (Lipinski definition) is 3. The van der Waals surface area contributed by atoms with Gasteiger partial charge in [0.2, 0.25) is 0 Å². The lowest BCUT2D eigenvalue weighted by atomic mass is 9.89. The fourth-order valence-electron chi connectivity index (χ4n) is 1.86. The molecule has 32 heavy (non-hydrogen) atoms. The molecule has 1 heterocycles. The van der Waals surface area contributed by atoms with E-state index in [0.29, 0.717) is 11.8 Å². The lowest BCUT2D eigenvalue weighted by Gasteiger charge is -2.42. The number of alkyl halides is 16. The predicted molar refractivity (Wildman–Crippen MR) is 73.5 cm³/mol. The number of thioether (sulfide) groups is 1. The van der Waals surface area contributed by atoms with Gasteiger partial charge in [0.1, 0.15) is 0 Å². The van der Waals surface area contributed by atoms with Gasteiger partial charge in [-0.2, -0.15) is 61.5 Å². The minimum Gasteiger partial charge on any atom is -0.300 e. The number of nitrogens with one attached hydrogen (secondary N) is 1. The number of nitrogens with zero attached hydrogens (tertiary/aromatic N) is 1. The van der Waals surface area contributed by atoms with Crippen LogP contribution in [-0.4, -0.2) is 71.3 Å². The maximum absolute atomic E-state index is 13.6. The van der Waals surface area contributed by atoms with E-state index in [9.17, 15) is 75.0 Å². The van der Waals surface area contributed by atoms with Gasteiger partial charge in [0.05, 0.1) is 6.54 Å². The van der Waals surface area contributed by atoms with Crippen LogP contribution < -0.4 is 5.32 Å². The standard InChI is InChI=1S/C12H6F16N2OS/c13-3(14)6(15,16)8(19,20)10(23,24)12(27,28)11(25,26)9(21,22)7(17,18)4(31)30-5-29-1-2-32-5/h3H,1-2H2,(H,29,30,31). The highest BCUT2D eigenvalue weighted by Gasteiger charge is 2.94. The summed E-state index contributed by atoms with van der Waals surface area (Å²) < 4.78 is 210. The van der Waals surface area contributed by atoms with Crippen molar-refractivity contribution in [2.24, 2.45) is 4.99 Å². The SMILES string of the molecule is O=C(NC1=NCCS1)C(F)(F)C(F)(F)C(F)(F)C(F)(F)C(F)(F)C(F)(F)C(F)(F)C(F)F. The van der Waals surface area contributed by atoms with Gasteiger partial charge >= 0.3 is 53.8 Å². The molecule has 1 N–H and O–H groups in total. The normalized spacial score (nSPS) is 17.6. The molecular formula is C12H6F16N2OS. The van der Waals surface area contributed by atoms with Gasteiger partial charge in [0, 0.05) is 5.75 Å². The van der Waals surface area contributed by atoms with E-state index in [1.54, 1.807) is 0 Å². The van der Waals surface area contributed by atoms with Gasteiger partial charge in [-0.25, -0.2) is 8.78 Å². The molecule has 3 nitrogen and oxygen atoms in total. The Bertz CT molecular complexity index is 764. The van der Waals surface area contributed by atoms with Crippen LogP contribution in [0, 0.1) is 0 Å². The quantitative estimate of drug-likeness (QED) is 0.453. The zero-order chi connectivity index (χ0) is 25.8. The van der Waals surface area contributed by atoms with Crippen molar-refractivity contribution in [1.29, 1.82) is 0 Å². The number of carbonyl (C=O) groups excluding carboxylic acids is 1. The molecule has 0 spiro atoms. The Hall–Kier alpha value is -1.63. The van der Waals surface area contributed by atoms with E-state index < -0.39 is 59.0 Å². The first-order valence-corrected chi connectivity index (χ1v) is 8.34. The van der Waals surface area contributed by atoms with Crippen LogP contribution in [0.3, 0.4) is 0 Å². The van der Waals surface area contributed by atoms with Crippen LogP contribution in [0.15, 0.2) is 4.99 Å². The van der Waals surface area contributed by atoms with Crippen molar-refractivity contribution in [1.82, 2.24) is 5.32 Å². The van der Waals surface area contributed by atoms with Crippen molar-refractivity contribution in [2.75, 3.05) is 12.3 Å². The number of halogens is 16. The molecule has 0 aliphatic carbocycles. The summed E-state index contributed by atoms with van der Waals surface area (Å²) in [6.45, 7) is -0.226. The van der Waals surface area contributed by atoms with E-state index in [-0.39, 0.29) is 12.3 Å². The summed E-state index contributed by atoms with van der Waals surface area (Å²) in [5.74, 6) is -59.6. The zero-order valence-corrected chi connectivity index (χ0v) is 15.1. The maximum Gasteiger partial charge on any atom is 0.393 e. The molecule has 1 aliphatic rings. The molecule has 0 saturated heterocycles. The topological polar surface area (TPSA) is 41.5 Å². The summed E-state index contributed by atoms with van der Waals surface area (Å²) in [6.07, 6.45) is -5.91. The number of amidine groups is 1. The number of aliphatic imine (C=N–C) groups is 1. The van der Waals surface area contributed by atoms with Crippen LogP contribution in [0.5, 0.6) is 0 Å². The van der Waals surface area contributed by atoms with Crippen LogP contribution >= 0.6 is 11.8 Å². The van der Waals surface area contributed by atoms with Crippen LogP contribution in [-0.2, 0) is 4.79 Å². The second-order valence-corrected chi connectivity index (χ2v) is 6.94. The Morgan fingerprint density at radius 2 is 1.16 bits per heavy atom. The first-order chi connectivity index (χ1) is 13.9. The molecule has 0 bridgehead atoms. The average Bonchev–Trinajstić information content (AvgIpc) is 3.13. The Morgan fingerprint density at radius 3 is 1.53 bits per heavy atom. The summed E-state index contributed by atoms with van der Waals surface area (Å²) in [6, 6.07) is 0. The Kier molecular flexibility index (Phi) is 7.10. The molecule has 0 unspecified atom stereocenters. The van der Waals surface area contributed by atoms with E-state index in [4.69, 9.17) is 0 Å². The van der Waals surface area contributed by atoms with Crippen molar-refractivity contribution < 1.29 is 75.0 Å². The zero-order valence-electron chi connectivity index (χ0n) is 14.3. The Balaban J connectivity index is 3.50. The number of amides is 1. The predicted octanol–water partition coefficient (Wildman–Crippen LogP) is 4.92. The van der Waals surface area contributed by atoms with E-state index in [1.807, 2.05) is 0 Å². The number of carbonyl (C=O) groups is 1. The van der Waals surface area contributed by atoms with E-state index in [1.165, 1.54) is 0 Å². The van der Waals surface area contributed by atoms with Gasteiger partial charge in [0.15, 0.2) is 5.17 Å². The van der Waals surface area contributed by atoms with Crippen molar-refractivity contribution in [2.45, 2.75) is 47.9 Å². The van der Waals surface area contributed by atoms with Gasteiger partial charge < -0.3 is 0 Å². The molecule has 0 aromatic carbocycles. The lowest BCUT2D eigenvalue weighted by molar-refractivity contribution is -0.443. The van der Waals surface area contributed by atoms with Crippen molar-refractivity contribution in [3.05, 3.63) is 0 Å². The van der Waals surface area contributed by atoms with Crippen LogP contribution in [0.25, 0.3) is 0 Å². The average molecular weight is 530 g/mol. The molecule has 0 aromatic heterocycles. The fraction of sp³-hybridized carbons (Fsp3) is 0.833. The van der Waals surface area contributed by atoms with E-state index in [0.717, 1.165) is 5.32 Å². The summed E-state index contributed by atoms with van der Waals surface area (Å²) in [5, 5.41) is -0.154. The highest BCUT2D eigenvalue weighted by Crippen LogP contribution is 2.62. The first-order valence-electron chi connectivity index (χ1n) is 7.36. The molecule has 20 heteroatoms. The molecule has 0 aromatic rings. The van der Waals surface area contributed by atoms with Crippen LogP contribution in [0.4, 0.5) is 70.2 Å². The van der Waals surface area contributed by atoms with Crippen molar-refractivity contribution >= 4 is 22.8 Å². The lowest BCUT2D eigenvalue weighted by Crippen LogP contribution is -2.74. The summed E-state index contributed by atoms with van der Waals surface area (Å²) in [7, 11) is 0. The molecule has 1 aliphatic heterocycles. The molecular weight excluding hydrogens is 524 g/mol. The van der Waals surface area contributed by atoms with Gasteiger partial charge in [-0.05, 0) is 0 Å². The third-order valence-electron chi connectivity index (χ3n) is 3.76. The number of rotatable bonds is 8. The monoisotopic (exact) mass is 530 g/mol. The number of hydrogen-bond donors (Lipinski definition) is 1. The Morgan fingerprint density at radius 1 is 0.750 bits per heavy atom. The fourth-order valence-corrected chi connectivity index (χ4v) is 2.59. The molecule has 1 rings (SSSR count). The van der Waals surface area contributed by atoms with E-state index >= 15 is 0 Å². The largest absolute Gasteiger partial charge is 0.393 e. The van der Waals surface area contributed by atoms with Crippen molar-refractivity contribution in [3.8, 4) is 0 Å². The van der Waals surface area contributed by atoms with Gasteiger partial charge in [-0.15, -0.1) is 0 Å².